The lowest BCUT2D eigenvalue weighted by molar-refractivity contribution is -0.394. The summed E-state index contributed by atoms with van der Waals surface area (Å²) in [7, 11) is 1.70. The molecule has 7 rings (SSSR count). The van der Waals surface area contributed by atoms with E-state index in [2.05, 4.69) is 12.1 Å². The molecule has 186 valence electrons. The monoisotopic (exact) mass is 500 g/mol. The van der Waals surface area contributed by atoms with Crippen LogP contribution in [0, 0.1) is 0 Å². The van der Waals surface area contributed by atoms with E-state index in [4.69, 9.17) is 20.4 Å². The summed E-state index contributed by atoms with van der Waals surface area (Å²) in [6.45, 7) is -0.988. The summed E-state index contributed by atoms with van der Waals surface area (Å²) in [5, 5.41) is 0. The molecule has 2 aromatic carbocycles. The zero-order chi connectivity index (χ0) is 25.6. The van der Waals surface area contributed by atoms with Crippen molar-refractivity contribution < 1.29 is 22.9 Å². The Kier molecular flexibility index (Phi) is 4.52. The van der Waals surface area contributed by atoms with E-state index in [1.165, 1.54) is 6.07 Å². The minimum atomic E-state index is -3.00. The molecule has 0 saturated carbocycles. The number of pyridine rings is 1. The highest BCUT2D eigenvalue weighted by Gasteiger charge is 2.45. The normalized spacial score (nSPS) is 21.9. The van der Waals surface area contributed by atoms with Crippen LogP contribution in [0.25, 0.3) is 22.2 Å². The van der Waals surface area contributed by atoms with Crippen LogP contribution in [0.3, 0.4) is 0 Å². The van der Waals surface area contributed by atoms with Crippen LogP contribution in [0.1, 0.15) is 58.8 Å². The van der Waals surface area contributed by atoms with Crippen LogP contribution in [0.5, 0.6) is 5.75 Å². The SMILES string of the molecule is C[N+]1=C2C[C@H](c3c(OC(F)F)cccc3C1=O)n1c2nc2ccc(-c3cnc4c(c3)CCC4(C)N)cc21. The van der Waals surface area contributed by atoms with Crippen LogP contribution in [-0.2, 0) is 12.0 Å². The predicted molar refractivity (Wildman–Crippen MR) is 133 cm³/mol. The minimum Gasteiger partial charge on any atom is -0.434 e. The van der Waals surface area contributed by atoms with E-state index in [1.807, 2.05) is 29.8 Å². The molecule has 1 amide bonds. The molecule has 2 atom stereocenters. The maximum absolute atomic E-state index is 13.3. The number of aryl methyl sites for hydroxylation is 1. The van der Waals surface area contributed by atoms with Gasteiger partial charge in [0.1, 0.15) is 12.8 Å². The first kappa shape index (κ1) is 22.2. The number of carbonyl (C=O) groups is 1. The maximum Gasteiger partial charge on any atom is 0.419 e. The van der Waals surface area contributed by atoms with Crippen molar-refractivity contribution in [3.63, 3.8) is 0 Å². The van der Waals surface area contributed by atoms with Gasteiger partial charge in [-0.1, -0.05) is 12.1 Å². The number of fused-ring (bicyclic) bond motifs is 10. The standard InChI is InChI=1S/C28H24F2N5O2/c1-28(31)9-8-15-10-16(13-32-24(15)28)14-6-7-18-19(11-14)35-20-12-21(25(35)33-18)34(2)26(36)17-4-3-5-22(23(17)20)37-27(29)30/h3-7,10-11,13,20,27H,8-9,12,31H2,1-2H3/q+1/t20-,28?/m1/s1. The van der Waals surface area contributed by atoms with Crippen molar-refractivity contribution in [3.05, 3.63) is 76.9 Å². The molecule has 2 aliphatic heterocycles. The number of hydrogen-bond acceptors (Lipinski definition) is 5. The fraction of sp³-hybridized carbons (Fsp3) is 0.286. The zero-order valence-electron chi connectivity index (χ0n) is 20.3. The average molecular weight is 501 g/mol. The van der Waals surface area contributed by atoms with E-state index >= 15 is 0 Å². The predicted octanol–water partition coefficient (Wildman–Crippen LogP) is 4.40. The van der Waals surface area contributed by atoms with Gasteiger partial charge >= 0.3 is 12.5 Å². The molecule has 0 saturated heterocycles. The Morgan fingerprint density at radius 3 is 2.86 bits per heavy atom. The molecule has 0 fully saturated rings. The summed E-state index contributed by atoms with van der Waals surface area (Å²) < 4.78 is 35.2. The van der Waals surface area contributed by atoms with Gasteiger partial charge in [-0.3, -0.25) is 4.98 Å². The van der Waals surface area contributed by atoms with Crippen molar-refractivity contribution in [1.82, 2.24) is 14.5 Å². The highest BCUT2D eigenvalue weighted by Crippen LogP contribution is 2.44. The molecule has 4 heterocycles. The summed E-state index contributed by atoms with van der Waals surface area (Å²) in [6.07, 6.45) is 4.06. The third-order valence-corrected chi connectivity index (χ3v) is 7.96. The number of nitrogens with two attached hydrogens (primary N) is 1. The number of amides is 1. The largest absolute Gasteiger partial charge is 0.434 e. The topological polar surface area (TPSA) is 86.0 Å². The van der Waals surface area contributed by atoms with Crippen LogP contribution < -0.4 is 10.5 Å². The smallest absolute Gasteiger partial charge is 0.419 e. The number of ether oxygens (including phenoxy) is 1. The first-order chi connectivity index (χ1) is 17.7. The van der Waals surface area contributed by atoms with Crippen LogP contribution in [0.15, 0.2) is 48.7 Å². The first-order valence-corrected chi connectivity index (χ1v) is 12.3. The molecule has 0 radical (unpaired) electrons. The Labute approximate surface area is 211 Å². The van der Waals surface area contributed by atoms with Crippen molar-refractivity contribution in [2.24, 2.45) is 5.73 Å². The molecular weight excluding hydrogens is 476 g/mol. The number of hydrogen-bond donors (Lipinski definition) is 1. The van der Waals surface area contributed by atoms with Gasteiger partial charge in [0, 0.05) is 17.3 Å². The van der Waals surface area contributed by atoms with Crippen LogP contribution in [-0.4, -0.2) is 44.4 Å². The Morgan fingerprint density at radius 1 is 1.22 bits per heavy atom. The summed E-state index contributed by atoms with van der Waals surface area (Å²) in [4.78, 5) is 22.8. The number of imidazole rings is 1. The molecule has 2 bridgehead atoms. The van der Waals surface area contributed by atoms with Gasteiger partial charge in [-0.2, -0.15) is 13.4 Å². The number of aromatic nitrogens is 3. The summed E-state index contributed by atoms with van der Waals surface area (Å²) >= 11 is 0. The minimum absolute atomic E-state index is 0.0130. The Hall–Kier alpha value is -3.98. The molecule has 2 aromatic heterocycles. The molecule has 9 heteroatoms. The van der Waals surface area contributed by atoms with E-state index in [-0.39, 0.29) is 11.7 Å². The Bertz CT molecular complexity index is 1690. The first-order valence-electron chi connectivity index (χ1n) is 12.3. The van der Waals surface area contributed by atoms with Crippen molar-refractivity contribution in [2.75, 3.05) is 7.05 Å². The average Bonchev–Trinajstić information content (AvgIpc) is 3.50. The summed E-state index contributed by atoms with van der Waals surface area (Å²) in [5.41, 5.74) is 13.2. The van der Waals surface area contributed by atoms with E-state index in [9.17, 15) is 13.6 Å². The Morgan fingerprint density at radius 2 is 2.05 bits per heavy atom. The lowest BCUT2D eigenvalue weighted by atomic mass is 9.97. The van der Waals surface area contributed by atoms with Gasteiger partial charge in [0.15, 0.2) is 0 Å². The van der Waals surface area contributed by atoms with Crippen LogP contribution in [0.4, 0.5) is 8.78 Å². The number of carbonyl (C=O) groups excluding carboxylic acids is 1. The van der Waals surface area contributed by atoms with E-state index in [1.54, 1.807) is 23.8 Å². The fourth-order valence-corrected chi connectivity index (χ4v) is 6.14. The number of rotatable bonds is 3. The second-order valence-corrected chi connectivity index (χ2v) is 10.3. The zero-order valence-corrected chi connectivity index (χ0v) is 20.3. The second-order valence-electron chi connectivity index (χ2n) is 10.3. The van der Waals surface area contributed by atoms with E-state index < -0.39 is 18.2 Å². The number of nitrogens with zero attached hydrogens (tertiary/aromatic N) is 4. The van der Waals surface area contributed by atoms with E-state index in [0.29, 0.717) is 23.4 Å². The number of benzene rings is 2. The summed E-state index contributed by atoms with van der Waals surface area (Å²) in [5.74, 6) is 0.415. The summed E-state index contributed by atoms with van der Waals surface area (Å²) in [6, 6.07) is 12.5. The highest BCUT2D eigenvalue weighted by molar-refractivity contribution is 6.07. The van der Waals surface area contributed by atoms with Gasteiger partial charge in [-0.05, 0) is 61.2 Å². The van der Waals surface area contributed by atoms with Crippen molar-refractivity contribution >= 4 is 22.7 Å². The molecule has 3 aliphatic rings. The lowest BCUT2D eigenvalue weighted by Crippen LogP contribution is -2.30. The van der Waals surface area contributed by atoms with Gasteiger partial charge < -0.3 is 15.0 Å². The Balaban J connectivity index is 1.43. The van der Waals surface area contributed by atoms with Gasteiger partial charge in [0.25, 0.3) is 0 Å². The molecular formula is C28H24F2N5O2+. The van der Waals surface area contributed by atoms with Crippen LogP contribution in [0.2, 0.25) is 0 Å². The molecule has 37 heavy (non-hydrogen) atoms. The van der Waals surface area contributed by atoms with E-state index in [0.717, 1.165) is 52.0 Å². The molecule has 1 unspecified atom stereocenters. The maximum atomic E-state index is 13.3. The van der Waals surface area contributed by atoms with Gasteiger partial charge in [-0.25, -0.2) is 9.78 Å². The van der Waals surface area contributed by atoms with Crippen molar-refractivity contribution in [2.45, 2.75) is 44.4 Å². The third kappa shape index (κ3) is 3.13. The van der Waals surface area contributed by atoms with Gasteiger partial charge in [0.05, 0.1) is 40.3 Å². The molecule has 7 nitrogen and oxygen atoms in total. The third-order valence-electron chi connectivity index (χ3n) is 7.96. The van der Waals surface area contributed by atoms with Crippen LogP contribution >= 0.6 is 0 Å². The molecule has 1 aliphatic carbocycles. The molecule has 2 N–H and O–H groups in total. The molecule has 4 aromatic rings. The van der Waals surface area contributed by atoms with Gasteiger partial charge in [-0.15, -0.1) is 0 Å². The quantitative estimate of drug-likeness (QED) is 0.422. The number of halogens is 2. The highest BCUT2D eigenvalue weighted by atomic mass is 19.3. The van der Waals surface area contributed by atoms with Crippen molar-refractivity contribution in [3.8, 4) is 16.9 Å². The van der Waals surface area contributed by atoms with Crippen molar-refractivity contribution in [1.29, 1.82) is 0 Å². The second kappa shape index (κ2) is 7.52. The number of alkyl halides is 2. The van der Waals surface area contributed by atoms with Gasteiger partial charge in [0.2, 0.25) is 11.5 Å². The lowest BCUT2D eigenvalue weighted by Gasteiger charge is -2.20. The molecule has 0 spiro atoms. The fourth-order valence-electron chi connectivity index (χ4n) is 6.14.